The highest BCUT2D eigenvalue weighted by Crippen LogP contribution is 2.12. The highest BCUT2D eigenvalue weighted by Gasteiger charge is 2.24. The Morgan fingerprint density at radius 1 is 1.50 bits per heavy atom. The Morgan fingerprint density at radius 2 is 2.00 bits per heavy atom. The lowest BCUT2D eigenvalue weighted by molar-refractivity contribution is -0.143. The maximum absolute atomic E-state index is 10.1. The molecule has 0 aromatic carbocycles. The molecule has 4 heteroatoms. The largest absolute Gasteiger partial charge is 0.394 e. The lowest BCUT2D eigenvalue weighted by atomic mass is 10.1. The zero-order valence-electron chi connectivity index (χ0n) is 7.65. The fraction of sp³-hybridized carbons (Fsp3) is 0.875. The van der Waals surface area contributed by atoms with E-state index in [1.54, 1.807) is 20.8 Å². The highest BCUT2D eigenvalue weighted by molar-refractivity contribution is 5.56. The normalized spacial score (nSPS) is 17.1. The Bertz CT molecular complexity index is 138. The maximum Gasteiger partial charge on any atom is 0.151 e. The minimum Gasteiger partial charge on any atom is -0.394 e. The van der Waals surface area contributed by atoms with Crippen molar-refractivity contribution in [1.29, 1.82) is 0 Å². The quantitative estimate of drug-likeness (QED) is 0.578. The van der Waals surface area contributed by atoms with Crippen molar-refractivity contribution in [1.82, 2.24) is 0 Å². The summed E-state index contributed by atoms with van der Waals surface area (Å²) in [6.07, 6.45) is -1.73. The Hall–Kier alpha value is -0.450. The number of carbonyl (C=O) groups is 1. The summed E-state index contributed by atoms with van der Waals surface area (Å²) in [5, 5.41) is 17.8. The number of ether oxygens (including phenoxy) is 1. The Balaban J connectivity index is 4.08. The molecule has 0 bridgehead atoms. The first kappa shape index (κ1) is 11.6. The van der Waals surface area contributed by atoms with E-state index in [1.807, 2.05) is 0 Å². The summed E-state index contributed by atoms with van der Waals surface area (Å²) in [4.78, 5) is 10.1. The van der Waals surface area contributed by atoms with E-state index in [2.05, 4.69) is 0 Å². The molecule has 0 spiro atoms. The summed E-state index contributed by atoms with van der Waals surface area (Å²) in [6, 6.07) is 0. The first-order valence-corrected chi connectivity index (χ1v) is 3.82. The minimum absolute atomic E-state index is 0.354. The molecular formula is C8H16O4. The van der Waals surface area contributed by atoms with Crippen molar-refractivity contribution in [3.63, 3.8) is 0 Å². The zero-order valence-corrected chi connectivity index (χ0v) is 7.65. The van der Waals surface area contributed by atoms with Gasteiger partial charge in [-0.25, -0.2) is 0 Å². The van der Waals surface area contributed by atoms with Crippen LogP contribution in [0.4, 0.5) is 0 Å². The average molecular weight is 176 g/mol. The van der Waals surface area contributed by atoms with Gasteiger partial charge < -0.3 is 19.7 Å². The molecule has 4 nitrogen and oxygen atoms in total. The van der Waals surface area contributed by atoms with E-state index in [1.165, 1.54) is 0 Å². The van der Waals surface area contributed by atoms with E-state index in [0.29, 0.717) is 6.29 Å². The van der Waals surface area contributed by atoms with Crippen molar-refractivity contribution >= 4 is 6.29 Å². The summed E-state index contributed by atoms with van der Waals surface area (Å²) in [6.45, 7) is 4.99. The van der Waals surface area contributed by atoms with Crippen LogP contribution >= 0.6 is 0 Å². The third-order valence-corrected chi connectivity index (χ3v) is 1.21. The van der Waals surface area contributed by atoms with E-state index < -0.39 is 17.8 Å². The Labute approximate surface area is 72.2 Å². The number of carbonyl (C=O) groups excluding carboxylic acids is 1. The number of aliphatic hydroxyl groups excluding tert-OH is 2. The van der Waals surface area contributed by atoms with Crippen molar-refractivity contribution in [2.45, 2.75) is 38.6 Å². The van der Waals surface area contributed by atoms with Crippen LogP contribution in [-0.2, 0) is 9.53 Å². The number of hydrogen-bond donors (Lipinski definition) is 2. The summed E-state index contributed by atoms with van der Waals surface area (Å²) >= 11 is 0. The van der Waals surface area contributed by atoms with Gasteiger partial charge in [0, 0.05) is 0 Å². The molecule has 0 aromatic rings. The van der Waals surface area contributed by atoms with Gasteiger partial charge in [-0.15, -0.1) is 0 Å². The Kier molecular flexibility index (Phi) is 4.37. The number of hydrogen-bond acceptors (Lipinski definition) is 4. The molecule has 12 heavy (non-hydrogen) atoms. The fourth-order valence-electron chi connectivity index (χ4n) is 0.757. The predicted molar refractivity (Wildman–Crippen MR) is 43.8 cm³/mol. The predicted octanol–water partition coefficient (Wildman–Crippen LogP) is -0.278. The van der Waals surface area contributed by atoms with Crippen LogP contribution in [0.3, 0.4) is 0 Å². The molecule has 2 atom stereocenters. The average Bonchev–Trinajstić information content (AvgIpc) is 1.97. The van der Waals surface area contributed by atoms with Gasteiger partial charge in [0.1, 0.15) is 12.2 Å². The Morgan fingerprint density at radius 3 is 2.25 bits per heavy atom. The smallest absolute Gasteiger partial charge is 0.151 e. The van der Waals surface area contributed by atoms with Gasteiger partial charge in [0.15, 0.2) is 6.29 Å². The number of aldehydes is 1. The monoisotopic (exact) mass is 176 g/mol. The second-order valence-electron chi connectivity index (χ2n) is 3.58. The summed E-state index contributed by atoms with van der Waals surface area (Å²) in [5.74, 6) is 0. The molecule has 0 fully saturated rings. The van der Waals surface area contributed by atoms with E-state index in [4.69, 9.17) is 14.9 Å². The van der Waals surface area contributed by atoms with Gasteiger partial charge >= 0.3 is 0 Å². The van der Waals surface area contributed by atoms with Crippen LogP contribution in [0.2, 0.25) is 0 Å². The van der Waals surface area contributed by atoms with Crippen molar-refractivity contribution in [3.8, 4) is 0 Å². The maximum atomic E-state index is 10.1. The molecule has 72 valence electrons. The molecule has 2 unspecified atom stereocenters. The first-order chi connectivity index (χ1) is 5.40. The SMILES string of the molecule is CC(C)(C)OC(CO)C(O)C=O. The molecule has 0 aliphatic carbocycles. The number of rotatable bonds is 4. The lowest BCUT2D eigenvalue weighted by Crippen LogP contribution is -2.39. The molecule has 0 radical (unpaired) electrons. The second kappa shape index (κ2) is 4.54. The van der Waals surface area contributed by atoms with Crippen LogP contribution < -0.4 is 0 Å². The van der Waals surface area contributed by atoms with Crippen molar-refractivity contribution < 1.29 is 19.7 Å². The topological polar surface area (TPSA) is 66.8 Å². The van der Waals surface area contributed by atoms with Gasteiger partial charge in [-0.3, -0.25) is 0 Å². The molecule has 0 amide bonds. The highest BCUT2D eigenvalue weighted by atomic mass is 16.5. The van der Waals surface area contributed by atoms with Crippen molar-refractivity contribution in [2.75, 3.05) is 6.61 Å². The standard InChI is InChI=1S/C8H16O4/c1-8(2,3)12-7(5-10)6(11)4-9/h4,6-7,10-11H,5H2,1-3H3. The molecule has 0 heterocycles. The van der Waals surface area contributed by atoms with Crippen molar-refractivity contribution in [2.24, 2.45) is 0 Å². The third-order valence-electron chi connectivity index (χ3n) is 1.21. The van der Waals surface area contributed by atoms with Crippen LogP contribution in [0.1, 0.15) is 20.8 Å². The van der Waals surface area contributed by atoms with E-state index in [0.717, 1.165) is 0 Å². The fourth-order valence-corrected chi connectivity index (χ4v) is 0.757. The van der Waals surface area contributed by atoms with Gasteiger partial charge in [-0.05, 0) is 20.8 Å². The van der Waals surface area contributed by atoms with Crippen LogP contribution in [-0.4, -0.2) is 40.9 Å². The van der Waals surface area contributed by atoms with Crippen LogP contribution in [0, 0.1) is 0 Å². The first-order valence-electron chi connectivity index (χ1n) is 3.82. The molecule has 0 aliphatic rings. The molecule has 2 N–H and O–H groups in total. The third kappa shape index (κ3) is 4.43. The minimum atomic E-state index is -1.26. The van der Waals surface area contributed by atoms with E-state index in [9.17, 15) is 4.79 Å². The van der Waals surface area contributed by atoms with Gasteiger partial charge in [0.05, 0.1) is 12.2 Å². The van der Waals surface area contributed by atoms with Crippen molar-refractivity contribution in [3.05, 3.63) is 0 Å². The summed E-state index contributed by atoms with van der Waals surface area (Å²) < 4.78 is 5.21. The molecule has 0 saturated carbocycles. The van der Waals surface area contributed by atoms with Crippen LogP contribution in [0.15, 0.2) is 0 Å². The van der Waals surface area contributed by atoms with Gasteiger partial charge in [-0.1, -0.05) is 0 Å². The number of aliphatic hydroxyl groups is 2. The molecule has 0 aromatic heterocycles. The van der Waals surface area contributed by atoms with Crippen LogP contribution in [0.25, 0.3) is 0 Å². The van der Waals surface area contributed by atoms with E-state index >= 15 is 0 Å². The molecule has 0 aliphatic heterocycles. The second-order valence-corrected chi connectivity index (χ2v) is 3.58. The van der Waals surface area contributed by atoms with Gasteiger partial charge in [-0.2, -0.15) is 0 Å². The molecular weight excluding hydrogens is 160 g/mol. The summed E-state index contributed by atoms with van der Waals surface area (Å²) in [7, 11) is 0. The van der Waals surface area contributed by atoms with Gasteiger partial charge in [0.2, 0.25) is 0 Å². The molecule has 0 saturated heterocycles. The van der Waals surface area contributed by atoms with Crippen LogP contribution in [0.5, 0.6) is 0 Å². The van der Waals surface area contributed by atoms with E-state index in [-0.39, 0.29) is 6.61 Å². The van der Waals surface area contributed by atoms with Gasteiger partial charge in [0.25, 0.3) is 0 Å². The zero-order chi connectivity index (χ0) is 9.78. The molecule has 0 rings (SSSR count). The summed E-state index contributed by atoms with van der Waals surface area (Å²) in [5.41, 5.74) is -0.475. The lowest BCUT2D eigenvalue weighted by Gasteiger charge is -2.27.